The standard InChI is InChI=1S/C15H18ClFN2O2.ClH/c16-13-7-12(3-4-14(13)17)21-9-15(20)19-10-1-2-11(19)8-18-6-5-10;/h3-4,7,10-11,18H,1-2,5-6,8-9H2;1H. The summed E-state index contributed by atoms with van der Waals surface area (Å²) in [5.41, 5.74) is 0. The molecule has 2 heterocycles. The van der Waals surface area contributed by atoms with Crippen LogP contribution < -0.4 is 10.1 Å². The molecule has 1 amide bonds. The highest BCUT2D eigenvalue weighted by Gasteiger charge is 2.37. The summed E-state index contributed by atoms with van der Waals surface area (Å²) >= 11 is 5.70. The van der Waals surface area contributed by atoms with E-state index in [0.717, 1.165) is 32.4 Å². The first-order valence-corrected chi connectivity index (χ1v) is 7.62. The SMILES string of the molecule is Cl.O=C(COc1ccc(F)c(Cl)c1)N1C2CCNCC1CC2. The van der Waals surface area contributed by atoms with Gasteiger partial charge in [0.25, 0.3) is 5.91 Å². The summed E-state index contributed by atoms with van der Waals surface area (Å²) in [5, 5.41) is 3.36. The van der Waals surface area contributed by atoms with Crippen LogP contribution >= 0.6 is 24.0 Å². The van der Waals surface area contributed by atoms with Crippen molar-refractivity contribution in [3.63, 3.8) is 0 Å². The lowest BCUT2D eigenvalue weighted by Gasteiger charge is -2.27. The maximum absolute atomic E-state index is 13.1. The molecule has 122 valence electrons. The Morgan fingerprint density at radius 3 is 2.91 bits per heavy atom. The third kappa shape index (κ3) is 3.65. The Labute approximate surface area is 140 Å². The number of fused-ring (bicyclic) bond motifs is 2. The van der Waals surface area contributed by atoms with Crippen molar-refractivity contribution in [1.82, 2.24) is 10.2 Å². The molecule has 0 aromatic heterocycles. The number of rotatable bonds is 3. The van der Waals surface area contributed by atoms with E-state index in [1.54, 1.807) is 0 Å². The van der Waals surface area contributed by atoms with Gasteiger partial charge < -0.3 is 15.0 Å². The van der Waals surface area contributed by atoms with Crippen LogP contribution in [0.15, 0.2) is 18.2 Å². The van der Waals surface area contributed by atoms with E-state index >= 15 is 0 Å². The van der Waals surface area contributed by atoms with Gasteiger partial charge in [0.2, 0.25) is 0 Å². The molecule has 2 fully saturated rings. The molecule has 2 atom stereocenters. The van der Waals surface area contributed by atoms with Crippen LogP contribution in [0.3, 0.4) is 0 Å². The molecule has 7 heteroatoms. The maximum atomic E-state index is 13.1. The van der Waals surface area contributed by atoms with Crippen molar-refractivity contribution in [3.05, 3.63) is 29.0 Å². The summed E-state index contributed by atoms with van der Waals surface area (Å²) < 4.78 is 18.5. The van der Waals surface area contributed by atoms with Crippen molar-refractivity contribution in [3.8, 4) is 5.75 Å². The van der Waals surface area contributed by atoms with E-state index < -0.39 is 5.82 Å². The van der Waals surface area contributed by atoms with Crippen molar-refractivity contribution >= 4 is 29.9 Å². The number of hydrogen-bond acceptors (Lipinski definition) is 3. The molecule has 0 aliphatic carbocycles. The number of amides is 1. The summed E-state index contributed by atoms with van der Waals surface area (Å²) in [6.07, 6.45) is 3.11. The first kappa shape index (κ1) is 17.3. The van der Waals surface area contributed by atoms with Crippen molar-refractivity contribution < 1.29 is 13.9 Å². The second-order valence-electron chi connectivity index (χ2n) is 5.54. The second kappa shape index (κ2) is 7.49. The highest BCUT2D eigenvalue weighted by molar-refractivity contribution is 6.30. The average molecular weight is 349 g/mol. The minimum absolute atomic E-state index is 0. The minimum atomic E-state index is -0.494. The van der Waals surface area contributed by atoms with Gasteiger partial charge in [-0.15, -0.1) is 12.4 Å². The minimum Gasteiger partial charge on any atom is -0.484 e. The molecule has 2 saturated heterocycles. The molecule has 2 aliphatic heterocycles. The molecule has 1 N–H and O–H groups in total. The number of carbonyl (C=O) groups excluding carboxylic acids is 1. The first-order valence-electron chi connectivity index (χ1n) is 7.25. The quantitative estimate of drug-likeness (QED) is 0.912. The van der Waals surface area contributed by atoms with Gasteiger partial charge >= 0.3 is 0 Å². The zero-order valence-electron chi connectivity index (χ0n) is 12.1. The fourth-order valence-electron chi connectivity index (χ4n) is 3.18. The van der Waals surface area contributed by atoms with Gasteiger partial charge in [-0.1, -0.05) is 11.6 Å². The predicted octanol–water partition coefficient (Wildman–Crippen LogP) is 2.63. The van der Waals surface area contributed by atoms with Crippen molar-refractivity contribution in [1.29, 1.82) is 0 Å². The molecular formula is C15H19Cl2FN2O2. The Balaban J connectivity index is 0.00000176. The summed E-state index contributed by atoms with van der Waals surface area (Å²) in [6, 6.07) is 4.70. The Morgan fingerprint density at radius 1 is 1.36 bits per heavy atom. The number of nitrogens with zero attached hydrogens (tertiary/aromatic N) is 1. The van der Waals surface area contributed by atoms with Gasteiger partial charge in [0.05, 0.1) is 5.02 Å². The lowest BCUT2D eigenvalue weighted by atomic mass is 10.1. The van der Waals surface area contributed by atoms with Crippen molar-refractivity contribution in [2.24, 2.45) is 0 Å². The van der Waals surface area contributed by atoms with E-state index in [4.69, 9.17) is 16.3 Å². The van der Waals surface area contributed by atoms with Crippen molar-refractivity contribution in [2.75, 3.05) is 19.7 Å². The van der Waals surface area contributed by atoms with Gasteiger partial charge in [0.1, 0.15) is 11.6 Å². The van der Waals surface area contributed by atoms with Gasteiger partial charge in [-0.3, -0.25) is 4.79 Å². The van der Waals surface area contributed by atoms with Crippen LogP contribution in [0.4, 0.5) is 4.39 Å². The largest absolute Gasteiger partial charge is 0.484 e. The topological polar surface area (TPSA) is 41.6 Å². The predicted molar refractivity (Wildman–Crippen MR) is 85.3 cm³/mol. The molecule has 4 nitrogen and oxygen atoms in total. The molecule has 2 bridgehead atoms. The lowest BCUT2D eigenvalue weighted by Crippen LogP contribution is -2.44. The van der Waals surface area contributed by atoms with E-state index in [9.17, 15) is 9.18 Å². The molecule has 1 aromatic carbocycles. The fourth-order valence-corrected chi connectivity index (χ4v) is 3.35. The third-order valence-corrected chi connectivity index (χ3v) is 4.49. The average Bonchev–Trinajstić information content (AvgIpc) is 2.73. The Hall–Kier alpha value is -1.04. The van der Waals surface area contributed by atoms with Crippen LogP contribution in [0.5, 0.6) is 5.75 Å². The molecule has 22 heavy (non-hydrogen) atoms. The van der Waals surface area contributed by atoms with Gasteiger partial charge in [0, 0.05) is 24.7 Å². The zero-order valence-corrected chi connectivity index (χ0v) is 13.6. The molecule has 0 spiro atoms. The number of halogens is 3. The zero-order chi connectivity index (χ0) is 14.8. The van der Waals surface area contributed by atoms with E-state index in [1.165, 1.54) is 18.2 Å². The van der Waals surface area contributed by atoms with Gasteiger partial charge in [0.15, 0.2) is 6.61 Å². The molecule has 3 rings (SSSR count). The van der Waals surface area contributed by atoms with Crippen LogP contribution in [0.1, 0.15) is 19.3 Å². The van der Waals surface area contributed by atoms with E-state index in [2.05, 4.69) is 5.32 Å². The molecule has 2 aliphatic rings. The molecule has 0 saturated carbocycles. The Bertz CT molecular complexity index is 530. The normalized spacial score (nSPS) is 23.6. The van der Waals surface area contributed by atoms with Crippen LogP contribution in [0.25, 0.3) is 0 Å². The fraction of sp³-hybridized carbons (Fsp3) is 0.533. The molecule has 0 radical (unpaired) electrons. The van der Waals surface area contributed by atoms with E-state index in [-0.39, 0.29) is 36.0 Å². The number of benzene rings is 1. The van der Waals surface area contributed by atoms with Gasteiger partial charge in [-0.05, 0) is 37.9 Å². The highest BCUT2D eigenvalue weighted by atomic mass is 35.5. The van der Waals surface area contributed by atoms with Gasteiger partial charge in [-0.25, -0.2) is 4.39 Å². The summed E-state index contributed by atoms with van der Waals surface area (Å²) in [5.74, 6) is -0.0892. The number of ether oxygens (including phenoxy) is 1. The molecule has 2 unspecified atom stereocenters. The van der Waals surface area contributed by atoms with Crippen molar-refractivity contribution in [2.45, 2.75) is 31.3 Å². The first-order chi connectivity index (χ1) is 10.1. The smallest absolute Gasteiger partial charge is 0.261 e. The summed E-state index contributed by atoms with van der Waals surface area (Å²) in [6.45, 7) is 1.78. The van der Waals surface area contributed by atoms with Crippen LogP contribution in [0, 0.1) is 5.82 Å². The number of nitrogens with one attached hydrogen (secondary N) is 1. The highest BCUT2D eigenvalue weighted by Crippen LogP contribution is 2.28. The second-order valence-corrected chi connectivity index (χ2v) is 5.95. The number of carbonyl (C=O) groups is 1. The lowest BCUT2D eigenvalue weighted by molar-refractivity contribution is -0.136. The molecular weight excluding hydrogens is 330 g/mol. The third-order valence-electron chi connectivity index (χ3n) is 4.20. The Kier molecular flexibility index (Phi) is 5.89. The van der Waals surface area contributed by atoms with Crippen LogP contribution in [-0.4, -0.2) is 42.6 Å². The Morgan fingerprint density at radius 2 is 2.14 bits per heavy atom. The van der Waals surface area contributed by atoms with E-state index in [0.29, 0.717) is 11.8 Å². The summed E-state index contributed by atoms with van der Waals surface area (Å²) in [4.78, 5) is 14.4. The number of hydrogen-bond donors (Lipinski definition) is 1. The monoisotopic (exact) mass is 348 g/mol. The summed E-state index contributed by atoms with van der Waals surface area (Å²) in [7, 11) is 0. The maximum Gasteiger partial charge on any atom is 0.261 e. The van der Waals surface area contributed by atoms with Gasteiger partial charge in [-0.2, -0.15) is 0 Å². The van der Waals surface area contributed by atoms with E-state index in [1.807, 2.05) is 4.90 Å². The van der Waals surface area contributed by atoms with Crippen LogP contribution in [0.2, 0.25) is 5.02 Å². The molecule has 1 aromatic rings. The van der Waals surface area contributed by atoms with Crippen LogP contribution in [-0.2, 0) is 4.79 Å².